The van der Waals surface area contributed by atoms with Gasteiger partial charge in [-0.05, 0) is 31.2 Å². The lowest BCUT2D eigenvalue weighted by Crippen LogP contribution is -2.30. The lowest BCUT2D eigenvalue weighted by molar-refractivity contribution is -0.150. The fourth-order valence-electron chi connectivity index (χ4n) is 2.14. The van der Waals surface area contributed by atoms with Crippen LogP contribution in [0.15, 0.2) is 52.1 Å². The summed E-state index contributed by atoms with van der Waals surface area (Å²) < 4.78 is 36.5. The topological polar surface area (TPSA) is 81.4 Å². The van der Waals surface area contributed by atoms with E-state index in [1.165, 1.54) is 13.0 Å². The van der Waals surface area contributed by atoms with Crippen molar-refractivity contribution in [1.82, 2.24) is 4.98 Å². The van der Waals surface area contributed by atoms with Crippen LogP contribution in [0.3, 0.4) is 0 Å². The van der Waals surface area contributed by atoms with Gasteiger partial charge in [0.25, 0.3) is 11.1 Å². The molecule has 0 radical (unpaired) electrons. The first-order valence-corrected chi connectivity index (χ1v) is 8.84. The lowest BCUT2D eigenvalue weighted by Gasteiger charge is -2.13. The van der Waals surface area contributed by atoms with Crippen LogP contribution < -0.4 is 5.32 Å². The summed E-state index contributed by atoms with van der Waals surface area (Å²) >= 11 is 1.04. The molecule has 0 saturated heterocycles. The molecule has 0 aliphatic rings. The SMILES string of the molecule is C[C@@H](OC(=O)CSc1nc2ccccc2o1)C(=O)Nc1ccc(F)c(F)c1. The highest BCUT2D eigenvalue weighted by Gasteiger charge is 2.19. The molecule has 0 saturated carbocycles. The maximum atomic E-state index is 13.2. The van der Waals surface area contributed by atoms with E-state index in [2.05, 4.69) is 10.3 Å². The highest BCUT2D eigenvalue weighted by Crippen LogP contribution is 2.23. The molecule has 0 spiro atoms. The van der Waals surface area contributed by atoms with Gasteiger partial charge in [0, 0.05) is 11.8 Å². The molecule has 1 aromatic heterocycles. The van der Waals surface area contributed by atoms with Crippen molar-refractivity contribution in [3.8, 4) is 0 Å². The standard InChI is InChI=1S/C18H14F2N2O4S/c1-10(17(24)21-11-6-7-12(19)13(20)8-11)25-16(23)9-27-18-22-14-4-2-3-5-15(14)26-18/h2-8,10H,9H2,1H3,(H,21,24)/t10-/m1/s1. The molecule has 0 unspecified atom stereocenters. The maximum Gasteiger partial charge on any atom is 0.317 e. The Kier molecular flexibility index (Phi) is 5.70. The average Bonchev–Trinajstić information content (AvgIpc) is 3.06. The summed E-state index contributed by atoms with van der Waals surface area (Å²) in [5.41, 5.74) is 1.34. The molecule has 140 valence electrons. The van der Waals surface area contributed by atoms with Crippen LogP contribution in [-0.4, -0.2) is 28.7 Å². The minimum atomic E-state index is -1.12. The molecule has 1 amide bonds. The Labute approximate surface area is 156 Å². The summed E-state index contributed by atoms with van der Waals surface area (Å²) in [5, 5.41) is 2.66. The second kappa shape index (κ2) is 8.17. The zero-order chi connectivity index (χ0) is 19.4. The number of amides is 1. The predicted octanol–water partition coefficient (Wildman–Crippen LogP) is 3.77. The van der Waals surface area contributed by atoms with E-state index in [4.69, 9.17) is 9.15 Å². The van der Waals surface area contributed by atoms with Gasteiger partial charge in [0.1, 0.15) is 11.3 Å². The van der Waals surface area contributed by atoms with Gasteiger partial charge in [-0.3, -0.25) is 9.59 Å². The monoisotopic (exact) mass is 392 g/mol. The number of benzene rings is 2. The Morgan fingerprint density at radius 1 is 1.22 bits per heavy atom. The number of oxazole rings is 1. The number of para-hydroxylation sites is 2. The summed E-state index contributed by atoms with van der Waals surface area (Å²) in [4.78, 5) is 28.1. The van der Waals surface area contributed by atoms with E-state index < -0.39 is 29.6 Å². The van der Waals surface area contributed by atoms with Gasteiger partial charge in [0.2, 0.25) is 0 Å². The van der Waals surface area contributed by atoms with Gasteiger partial charge in [-0.1, -0.05) is 23.9 Å². The number of carbonyl (C=O) groups is 2. The van der Waals surface area contributed by atoms with Gasteiger partial charge < -0.3 is 14.5 Å². The molecule has 27 heavy (non-hydrogen) atoms. The van der Waals surface area contributed by atoms with Crippen LogP contribution >= 0.6 is 11.8 Å². The van der Waals surface area contributed by atoms with Crippen molar-refractivity contribution in [2.24, 2.45) is 0 Å². The molecule has 9 heteroatoms. The molecule has 3 rings (SSSR count). The first-order chi connectivity index (χ1) is 12.9. The van der Waals surface area contributed by atoms with E-state index >= 15 is 0 Å². The van der Waals surface area contributed by atoms with Crippen LogP contribution in [0.1, 0.15) is 6.92 Å². The lowest BCUT2D eigenvalue weighted by atomic mass is 10.3. The van der Waals surface area contributed by atoms with Gasteiger partial charge in [-0.15, -0.1) is 0 Å². The number of aromatic nitrogens is 1. The molecule has 6 nitrogen and oxygen atoms in total. The fraction of sp³-hybridized carbons (Fsp3) is 0.167. The number of rotatable bonds is 6. The van der Waals surface area contributed by atoms with Crippen LogP contribution in [-0.2, 0) is 14.3 Å². The molecule has 2 aromatic carbocycles. The van der Waals surface area contributed by atoms with E-state index in [1.54, 1.807) is 12.1 Å². The highest BCUT2D eigenvalue weighted by molar-refractivity contribution is 7.99. The van der Waals surface area contributed by atoms with Crippen molar-refractivity contribution in [1.29, 1.82) is 0 Å². The minimum absolute atomic E-state index is 0.0580. The van der Waals surface area contributed by atoms with Crippen molar-refractivity contribution < 1.29 is 27.5 Å². The minimum Gasteiger partial charge on any atom is -0.452 e. The molecule has 1 atom stereocenters. The van der Waals surface area contributed by atoms with Crippen molar-refractivity contribution in [2.45, 2.75) is 18.3 Å². The van der Waals surface area contributed by atoms with Crippen molar-refractivity contribution in [3.63, 3.8) is 0 Å². The maximum absolute atomic E-state index is 13.2. The molecule has 1 N–H and O–H groups in total. The van der Waals surface area contributed by atoms with Crippen molar-refractivity contribution in [3.05, 3.63) is 54.1 Å². The predicted molar refractivity (Wildman–Crippen MR) is 95.3 cm³/mol. The number of anilines is 1. The second-order valence-electron chi connectivity index (χ2n) is 5.49. The van der Waals surface area contributed by atoms with Gasteiger partial charge in [-0.25, -0.2) is 13.8 Å². The zero-order valence-electron chi connectivity index (χ0n) is 14.1. The van der Waals surface area contributed by atoms with Gasteiger partial charge in [0.05, 0.1) is 0 Å². The molecule has 0 fully saturated rings. The number of esters is 1. The summed E-state index contributed by atoms with van der Waals surface area (Å²) in [6, 6.07) is 10.1. The average molecular weight is 392 g/mol. The molecule has 0 bridgehead atoms. The van der Waals surface area contributed by atoms with Gasteiger partial charge in [-0.2, -0.15) is 0 Å². The third-order valence-electron chi connectivity index (χ3n) is 3.45. The van der Waals surface area contributed by atoms with E-state index in [9.17, 15) is 18.4 Å². The molecule has 0 aliphatic heterocycles. The summed E-state index contributed by atoms with van der Waals surface area (Å²) in [5.74, 6) is -3.53. The van der Waals surface area contributed by atoms with E-state index in [0.29, 0.717) is 16.3 Å². The summed E-state index contributed by atoms with van der Waals surface area (Å²) in [6.07, 6.45) is -1.12. The van der Waals surface area contributed by atoms with Crippen LogP contribution in [0, 0.1) is 11.6 Å². The highest BCUT2D eigenvalue weighted by atomic mass is 32.2. The quantitative estimate of drug-likeness (QED) is 0.508. The Bertz CT molecular complexity index is 959. The number of ether oxygens (including phenoxy) is 1. The smallest absolute Gasteiger partial charge is 0.317 e. The van der Waals surface area contributed by atoms with Crippen LogP contribution in [0.4, 0.5) is 14.5 Å². The Morgan fingerprint density at radius 3 is 2.74 bits per heavy atom. The molecule has 1 heterocycles. The van der Waals surface area contributed by atoms with Crippen molar-refractivity contribution >= 4 is 40.4 Å². The van der Waals surface area contributed by atoms with Gasteiger partial charge in [0.15, 0.2) is 23.3 Å². The Morgan fingerprint density at radius 2 is 2.00 bits per heavy atom. The third-order valence-corrected chi connectivity index (χ3v) is 4.25. The van der Waals surface area contributed by atoms with E-state index in [0.717, 1.165) is 23.9 Å². The van der Waals surface area contributed by atoms with Crippen LogP contribution in [0.2, 0.25) is 0 Å². The van der Waals surface area contributed by atoms with Crippen LogP contribution in [0.5, 0.6) is 0 Å². The molecule has 3 aromatic rings. The third kappa shape index (κ3) is 4.82. The Balaban J connectivity index is 1.50. The Hall–Kier alpha value is -2.94. The number of nitrogens with zero attached hydrogens (tertiary/aromatic N) is 1. The number of hydrogen-bond acceptors (Lipinski definition) is 6. The normalized spacial score (nSPS) is 12.0. The number of nitrogens with one attached hydrogen (secondary N) is 1. The number of halogens is 2. The van der Waals surface area contributed by atoms with Crippen molar-refractivity contribution in [2.75, 3.05) is 11.1 Å². The fourth-order valence-corrected chi connectivity index (χ4v) is 2.76. The van der Waals surface area contributed by atoms with E-state index in [-0.39, 0.29) is 11.4 Å². The van der Waals surface area contributed by atoms with Crippen LogP contribution in [0.25, 0.3) is 11.1 Å². The number of hydrogen-bond donors (Lipinski definition) is 1. The molecule has 0 aliphatic carbocycles. The summed E-state index contributed by atoms with van der Waals surface area (Å²) in [6.45, 7) is 1.37. The van der Waals surface area contributed by atoms with Gasteiger partial charge >= 0.3 is 5.97 Å². The zero-order valence-corrected chi connectivity index (χ0v) is 14.9. The number of thioether (sulfide) groups is 1. The first-order valence-electron chi connectivity index (χ1n) is 7.86. The second-order valence-corrected chi connectivity index (χ2v) is 6.41. The molecular formula is C18H14F2N2O4S. The largest absolute Gasteiger partial charge is 0.452 e. The number of fused-ring (bicyclic) bond motifs is 1. The number of carbonyl (C=O) groups excluding carboxylic acids is 2. The first kappa shape index (κ1) is 18.8. The summed E-state index contributed by atoms with van der Waals surface area (Å²) in [7, 11) is 0. The van der Waals surface area contributed by atoms with E-state index in [1.807, 2.05) is 12.1 Å². The molecular weight excluding hydrogens is 378 g/mol.